The number of rotatable bonds is 2. The number of hydrogen-bond acceptors (Lipinski definition) is 5. The lowest BCUT2D eigenvalue weighted by atomic mass is 10.0. The van der Waals surface area contributed by atoms with Crippen LogP contribution in [0.4, 0.5) is 11.4 Å². The lowest BCUT2D eigenvalue weighted by Crippen LogP contribution is -2.52. The van der Waals surface area contributed by atoms with Crippen molar-refractivity contribution in [2.24, 2.45) is 5.14 Å². The molecule has 0 aromatic heterocycles. The maximum absolute atomic E-state index is 11.8. The first-order valence-corrected chi connectivity index (χ1v) is 7.98. The van der Waals surface area contributed by atoms with E-state index in [1.54, 1.807) is 12.1 Å². The van der Waals surface area contributed by atoms with Gasteiger partial charge < -0.3 is 15.4 Å². The topological polar surface area (TPSA) is 98.6 Å². The van der Waals surface area contributed by atoms with Crippen molar-refractivity contribution < 1.29 is 13.2 Å². The second-order valence-electron chi connectivity index (χ2n) is 5.84. The highest BCUT2D eigenvalue weighted by atomic mass is 32.2. The van der Waals surface area contributed by atoms with Crippen molar-refractivity contribution in [1.82, 2.24) is 0 Å². The van der Waals surface area contributed by atoms with Gasteiger partial charge in [0.2, 0.25) is 10.0 Å². The van der Waals surface area contributed by atoms with E-state index >= 15 is 0 Å². The first-order valence-electron chi connectivity index (χ1n) is 6.43. The minimum atomic E-state index is -3.82. The van der Waals surface area contributed by atoms with Crippen molar-refractivity contribution in [3.63, 3.8) is 0 Å². The van der Waals surface area contributed by atoms with Gasteiger partial charge in [0.15, 0.2) is 0 Å². The molecule has 112 valence electrons. The van der Waals surface area contributed by atoms with Crippen molar-refractivity contribution in [2.75, 3.05) is 23.7 Å². The Balaban J connectivity index is 2.47. The lowest BCUT2D eigenvalue weighted by Gasteiger charge is -2.43. The maximum Gasteiger partial charge on any atom is 0.240 e. The molecule has 20 heavy (non-hydrogen) atoms. The SMILES string of the molecule is CC1CN(c2ccc(N)cc2S(N)(=O)=O)CC(C)(C)O1. The molecule has 1 atom stereocenters. The number of morpholine rings is 1. The summed E-state index contributed by atoms with van der Waals surface area (Å²) in [5.41, 5.74) is 6.27. The van der Waals surface area contributed by atoms with Gasteiger partial charge in [0.25, 0.3) is 0 Å². The van der Waals surface area contributed by atoms with Gasteiger partial charge in [-0.25, -0.2) is 13.6 Å². The Morgan fingerprint density at radius 3 is 2.60 bits per heavy atom. The molecule has 0 saturated carbocycles. The van der Waals surface area contributed by atoms with Crippen LogP contribution in [0.5, 0.6) is 0 Å². The normalized spacial score (nSPS) is 22.8. The number of benzene rings is 1. The Kier molecular flexibility index (Phi) is 3.70. The highest BCUT2D eigenvalue weighted by Gasteiger charge is 2.33. The smallest absolute Gasteiger partial charge is 0.240 e. The number of primary sulfonamides is 1. The molecule has 0 radical (unpaired) electrons. The van der Waals surface area contributed by atoms with Crippen LogP contribution in [-0.4, -0.2) is 33.2 Å². The predicted molar refractivity (Wildman–Crippen MR) is 79.1 cm³/mol. The number of nitrogens with zero attached hydrogens (tertiary/aromatic N) is 1. The van der Waals surface area contributed by atoms with Gasteiger partial charge in [0.05, 0.1) is 17.4 Å². The Hall–Kier alpha value is -1.31. The highest BCUT2D eigenvalue weighted by molar-refractivity contribution is 7.89. The van der Waals surface area contributed by atoms with Crippen molar-refractivity contribution in [1.29, 1.82) is 0 Å². The summed E-state index contributed by atoms with van der Waals surface area (Å²) >= 11 is 0. The summed E-state index contributed by atoms with van der Waals surface area (Å²) in [7, 11) is -3.82. The van der Waals surface area contributed by atoms with Gasteiger partial charge in [-0.15, -0.1) is 0 Å². The quantitative estimate of drug-likeness (QED) is 0.791. The second-order valence-corrected chi connectivity index (χ2v) is 7.37. The average Bonchev–Trinajstić information content (AvgIpc) is 2.24. The molecule has 6 nitrogen and oxygen atoms in total. The Morgan fingerprint density at radius 2 is 2.05 bits per heavy atom. The highest BCUT2D eigenvalue weighted by Crippen LogP contribution is 2.31. The van der Waals surface area contributed by atoms with E-state index in [1.165, 1.54) is 6.07 Å². The van der Waals surface area contributed by atoms with E-state index in [0.29, 0.717) is 24.5 Å². The third-order valence-corrected chi connectivity index (χ3v) is 4.14. The number of nitrogen functional groups attached to an aromatic ring is 1. The van der Waals surface area contributed by atoms with Crippen molar-refractivity contribution >= 4 is 21.4 Å². The van der Waals surface area contributed by atoms with E-state index in [2.05, 4.69) is 0 Å². The number of sulfonamides is 1. The molecule has 4 N–H and O–H groups in total. The average molecular weight is 299 g/mol. The van der Waals surface area contributed by atoms with E-state index in [9.17, 15) is 8.42 Å². The molecule has 1 fully saturated rings. The van der Waals surface area contributed by atoms with Crippen molar-refractivity contribution in [2.45, 2.75) is 37.4 Å². The van der Waals surface area contributed by atoms with Crippen LogP contribution < -0.4 is 15.8 Å². The van der Waals surface area contributed by atoms with Crippen molar-refractivity contribution in [3.8, 4) is 0 Å². The van der Waals surface area contributed by atoms with Crippen LogP contribution in [0.1, 0.15) is 20.8 Å². The van der Waals surface area contributed by atoms with Gasteiger partial charge in [-0.3, -0.25) is 0 Å². The minimum absolute atomic E-state index is 0.00429. The van der Waals surface area contributed by atoms with Crippen molar-refractivity contribution in [3.05, 3.63) is 18.2 Å². The molecule has 0 amide bonds. The fourth-order valence-electron chi connectivity index (χ4n) is 2.66. The molecule has 7 heteroatoms. The molecular weight excluding hydrogens is 278 g/mol. The molecule has 1 aromatic rings. The first kappa shape index (κ1) is 15.1. The van der Waals surface area contributed by atoms with Crippen LogP contribution >= 0.6 is 0 Å². The Bertz CT molecular complexity index is 613. The molecule has 1 heterocycles. The van der Waals surface area contributed by atoms with Crippen LogP contribution in [0, 0.1) is 0 Å². The number of nitrogens with two attached hydrogens (primary N) is 2. The number of anilines is 2. The minimum Gasteiger partial charge on any atom is -0.399 e. The molecular formula is C13H21N3O3S. The molecule has 1 aromatic carbocycles. The zero-order valence-electron chi connectivity index (χ0n) is 12.0. The molecule has 0 aliphatic carbocycles. The van der Waals surface area contributed by atoms with Gasteiger partial charge >= 0.3 is 0 Å². The van der Waals surface area contributed by atoms with Gasteiger partial charge in [0.1, 0.15) is 4.90 Å². The summed E-state index contributed by atoms with van der Waals surface area (Å²) in [6.45, 7) is 7.11. The first-order chi connectivity index (χ1) is 9.08. The fraction of sp³-hybridized carbons (Fsp3) is 0.538. The lowest BCUT2D eigenvalue weighted by molar-refractivity contribution is -0.0751. The van der Waals surface area contributed by atoms with Crippen LogP contribution in [-0.2, 0) is 14.8 Å². The summed E-state index contributed by atoms with van der Waals surface area (Å²) < 4.78 is 29.3. The molecule has 1 unspecified atom stereocenters. The summed E-state index contributed by atoms with van der Waals surface area (Å²) in [6, 6.07) is 4.78. The van der Waals surface area contributed by atoms with Gasteiger partial charge in [-0.1, -0.05) is 0 Å². The van der Waals surface area contributed by atoms with E-state index in [-0.39, 0.29) is 16.6 Å². The summed E-state index contributed by atoms with van der Waals surface area (Å²) in [5, 5.41) is 5.29. The van der Waals surface area contributed by atoms with Gasteiger partial charge in [-0.05, 0) is 39.0 Å². The monoisotopic (exact) mass is 299 g/mol. The molecule has 1 aliphatic rings. The largest absolute Gasteiger partial charge is 0.399 e. The van der Waals surface area contributed by atoms with Gasteiger partial charge in [0, 0.05) is 18.8 Å². The molecule has 0 bridgehead atoms. The fourth-order valence-corrected chi connectivity index (χ4v) is 3.45. The maximum atomic E-state index is 11.8. The van der Waals surface area contributed by atoms with E-state index in [0.717, 1.165) is 0 Å². The number of hydrogen-bond donors (Lipinski definition) is 2. The van der Waals surface area contributed by atoms with E-state index < -0.39 is 10.0 Å². The molecule has 2 rings (SSSR count). The zero-order valence-corrected chi connectivity index (χ0v) is 12.8. The summed E-state index contributed by atoms with van der Waals surface area (Å²) in [5.74, 6) is 0. The second kappa shape index (κ2) is 4.91. The summed E-state index contributed by atoms with van der Waals surface area (Å²) in [6.07, 6.45) is 0.00429. The zero-order chi connectivity index (χ0) is 15.1. The van der Waals surface area contributed by atoms with Crippen LogP contribution in [0.2, 0.25) is 0 Å². The number of ether oxygens (including phenoxy) is 1. The Morgan fingerprint density at radius 1 is 1.40 bits per heavy atom. The van der Waals surface area contributed by atoms with Crippen LogP contribution in [0.15, 0.2) is 23.1 Å². The molecule has 0 spiro atoms. The predicted octanol–water partition coefficient (Wildman–Crippen LogP) is 0.920. The van der Waals surface area contributed by atoms with Crippen LogP contribution in [0.25, 0.3) is 0 Å². The summed E-state index contributed by atoms with van der Waals surface area (Å²) in [4.78, 5) is 2.04. The van der Waals surface area contributed by atoms with Crippen LogP contribution in [0.3, 0.4) is 0 Å². The third kappa shape index (κ3) is 3.23. The van der Waals surface area contributed by atoms with E-state index in [4.69, 9.17) is 15.6 Å². The van der Waals surface area contributed by atoms with E-state index in [1.807, 2.05) is 25.7 Å². The molecule has 1 saturated heterocycles. The third-order valence-electron chi connectivity index (χ3n) is 3.20. The van der Waals surface area contributed by atoms with Gasteiger partial charge in [-0.2, -0.15) is 0 Å². The standard InChI is InChI=1S/C13H21N3O3S/c1-9-7-16(8-13(2,3)19-9)11-5-4-10(14)6-12(11)20(15,17)18/h4-6,9H,7-8,14H2,1-3H3,(H2,15,17,18). The Labute approximate surface area is 119 Å². The molecule has 1 aliphatic heterocycles.